The van der Waals surface area contributed by atoms with E-state index in [1.165, 1.54) is 23.0 Å². The van der Waals surface area contributed by atoms with E-state index in [1.54, 1.807) is 6.92 Å². The van der Waals surface area contributed by atoms with Crippen molar-refractivity contribution in [3.8, 4) is 5.88 Å². The van der Waals surface area contributed by atoms with Gasteiger partial charge >= 0.3 is 0 Å². The first kappa shape index (κ1) is 18.4. The van der Waals surface area contributed by atoms with Gasteiger partial charge in [-0.25, -0.2) is 13.1 Å². The minimum atomic E-state index is -3.61. The van der Waals surface area contributed by atoms with E-state index in [4.69, 9.17) is 16.4 Å². The number of ketones is 1. The van der Waals surface area contributed by atoms with Gasteiger partial charge in [0, 0.05) is 30.3 Å². The fourth-order valence-corrected chi connectivity index (χ4v) is 4.03. The van der Waals surface area contributed by atoms with Crippen LogP contribution in [0.15, 0.2) is 28.4 Å². The van der Waals surface area contributed by atoms with Crippen LogP contribution in [0.25, 0.3) is 0 Å². The van der Waals surface area contributed by atoms with E-state index >= 15 is 0 Å². The molecule has 1 N–H and O–H groups in total. The Hall–Kier alpha value is -2.39. The van der Waals surface area contributed by atoms with Crippen LogP contribution in [0.1, 0.15) is 34.8 Å². The standard InChI is InChI=1S/C16H16ClN3O5S/c1-3-20-16(22)10(8-18-20)15(21)9-4-5-12(26(2,23)24)13(14(9)17)11-6-7-25-19-11/h4-5,8,22H,3,6-7H2,1-2H3. The van der Waals surface area contributed by atoms with Gasteiger partial charge in [0.25, 0.3) is 0 Å². The summed E-state index contributed by atoms with van der Waals surface area (Å²) in [5, 5.41) is 17.8. The molecule has 10 heteroatoms. The highest BCUT2D eigenvalue weighted by molar-refractivity contribution is 7.90. The van der Waals surface area contributed by atoms with Crippen molar-refractivity contribution in [1.82, 2.24) is 9.78 Å². The van der Waals surface area contributed by atoms with E-state index in [0.29, 0.717) is 25.3 Å². The minimum Gasteiger partial charge on any atom is -0.493 e. The third kappa shape index (κ3) is 3.08. The molecule has 0 spiro atoms. The molecule has 1 aromatic heterocycles. The summed E-state index contributed by atoms with van der Waals surface area (Å²) in [4.78, 5) is 17.7. The van der Waals surface area contributed by atoms with Crippen LogP contribution in [0.4, 0.5) is 0 Å². The first-order valence-corrected chi connectivity index (χ1v) is 10.0. The fraction of sp³-hybridized carbons (Fsp3) is 0.312. The van der Waals surface area contributed by atoms with Crippen LogP contribution in [0.3, 0.4) is 0 Å². The second-order valence-corrected chi connectivity index (χ2v) is 8.08. The van der Waals surface area contributed by atoms with E-state index in [-0.39, 0.29) is 32.5 Å². The Bertz CT molecular complexity index is 1030. The Labute approximate surface area is 154 Å². The van der Waals surface area contributed by atoms with E-state index in [9.17, 15) is 18.3 Å². The molecule has 2 heterocycles. The van der Waals surface area contributed by atoms with Crippen molar-refractivity contribution in [2.24, 2.45) is 5.16 Å². The number of halogens is 1. The number of hydrogen-bond acceptors (Lipinski definition) is 7. The monoisotopic (exact) mass is 397 g/mol. The number of aromatic hydroxyl groups is 1. The number of nitrogens with zero attached hydrogens (tertiary/aromatic N) is 3. The molecular weight excluding hydrogens is 382 g/mol. The number of oxime groups is 1. The molecule has 2 aromatic rings. The molecule has 0 saturated heterocycles. The zero-order valence-corrected chi connectivity index (χ0v) is 15.6. The Kier molecular flexibility index (Phi) is 4.76. The van der Waals surface area contributed by atoms with Crippen LogP contribution in [0, 0.1) is 0 Å². The number of carbonyl (C=O) groups excluding carboxylic acids is 1. The van der Waals surface area contributed by atoms with Gasteiger partial charge in [0.15, 0.2) is 9.84 Å². The van der Waals surface area contributed by atoms with Gasteiger partial charge in [-0.1, -0.05) is 16.8 Å². The molecular formula is C16H16ClN3O5S. The van der Waals surface area contributed by atoms with Gasteiger partial charge in [-0.05, 0) is 19.1 Å². The van der Waals surface area contributed by atoms with Gasteiger partial charge < -0.3 is 9.94 Å². The number of aryl methyl sites for hydroxylation is 1. The summed E-state index contributed by atoms with van der Waals surface area (Å²) in [6.07, 6.45) is 2.67. The smallest absolute Gasteiger partial charge is 0.220 e. The fourth-order valence-electron chi connectivity index (χ4n) is 2.71. The summed E-state index contributed by atoms with van der Waals surface area (Å²) >= 11 is 6.41. The quantitative estimate of drug-likeness (QED) is 0.772. The second-order valence-electron chi connectivity index (χ2n) is 5.72. The Balaban J connectivity index is 2.19. The van der Waals surface area contributed by atoms with E-state index < -0.39 is 15.6 Å². The molecule has 26 heavy (non-hydrogen) atoms. The first-order chi connectivity index (χ1) is 12.3. The van der Waals surface area contributed by atoms with E-state index in [2.05, 4.69) is 10.3 Å². The first-order valence-electron chi connectivity index (χ1n) is 7.77. The highest BCUT2D eigenvalue weighted by Crippen LogP contribution is 2.33. The molecule has 0 saturated carbocycles. The average molecular weight is 398 g/mol. The SMILES string of the molecule is CCn1ncc(C(=O)c2ccc(S(C)(=O)=O)c(C3=NOCC3)c2Cl)c1O. The predicted octanol–water partition coefficient (Wildman–Crippen LogP) is 2.02. The maximum absolute atomic E-state index is 12.8. The van der Waals surface area contributed by atoms with Gasteiger partial charge in [-0.3, -0.25) is 4.79 Å². The zero-order chi connectivity index (χ0) is 19.1. The summed E-state index contributed by atoms with van der Waals surface area (Å²) < 4.78 is 25.5. The molecule has 1 aromatic carbocycles. The third-order valence-corrected chi connectivity index (χ3v) is 5.53. The predicted molar refractivity (Wildman–Crippen MR) is 94.7 cm³/mol. The number of hydrogen-bond donors (Lipinski definition) is 1. The molecule has 3 rings (SSSR count). The zero-order valence-electron chi connectivity index (χ0n) is 14.1. The minimum absolute atomic E-state index is 0.0172. The Morgan fingerprint density at radius 2 is 2.12 bits per heavy atom. The van der Waals surface area contributed by atoms with Crippen molar-refractivity contribution in [3.05, 3.63) is 40.0 Å². The van der Waals surface area contributed by atoms with Crippen molar-refractivity contribution >= 4 is 32.9 Å². The lowest BCUT2D eigenvalue weighted by Crippen LogP contribution is -2.12. The molecule has 0 atom stereocenters. The second kappa shape index (κ2) is 6.73. The van der Waals surface area contributed by atoms with Gasteiger partial charge in [-0.15, -0.1) is 0 Å². The highest BCUT2D eigenvalue weighted by atomic mass is 35.5. The molecule has 1 aliphatic rings. The van der Waals surface area contributed by atoms with Gasteiger partial charge in [0.05, 0.1) is 21.8 Å². The van der Waals surface area contributed by atoms with Crippen LogP contribution in [-0.4, -0.2) is 47.7 Å². The van der Waals surface area contributed by atoms with Gasteiger partial charge in [0.1, 0.15) is 12.2 Å². The molecule has 0 fully saturated rings. The topological polar surface area (TPSA) is 111 Å². The van der Waals surface area contributed by atoms with E-state index in [1.807, 2.05) is 0 Å². The molecule has 0 amide bonds. The molecule has 0 aliphatic carbocycles. The summed E-state index contributed by atoms with van der Waals surface area (Å²) in [6.45, 7) is 2.46. The Morgan fingerprint density at radius 1 is 1.38 bits per heavy atom. The molecule has 1 aliphatic heterocycles. The average Bonchev–Trinajstić information content (AvgIpc) is 3.22. The lowest BCUT2D eigenvalue weighted by molar-refractivity contribution is 0.103. The normalized spacial score (nSPS) is 14.2. The highest BCUT2D eigenvalue weighted by Gasteiger charge is 2.28. The van der Waals surface area contributed by atoms with Crippen molar-refractivity contribution in [2.75, 3.05) is 12.9 Å². The molecule has 0 unspecified atom stereocenters. The van der Waals surface area contributed by atoms with Crippen molar-refractivity contribution in [2.45, 2.75) is 24.8 Å². The van der Waals surface area contributed by atoms with Crippen molar-refractivity contribution in [1.29, 1.82) is 0 Å². The summed E-state index contributed by atoms with van der Waals surface area (Å²) in [7, 11) is -3.61. The van der Waals surface area contributed by atoms with Crippen LogP contribution in [0.2, 0.25) is 5.02 Å². The molecule has 8 nitrogen and oxygen atoms in total. The van der Waals surface area contributed by atoms with Crippen LogP contribution in [0.5, 0.6) is 5.88 Å². The number of benzene rings is 1. The van der Waals surface area contributed by atoms with Gasteiger partial charge in [-0.2, -0.15) is 5.10 Å². The summed E-state index contributed by atoms with van der Waals surface area (Å²) in [5.41, 5.74) is 0.546. The lowest BCUT2D eigenvalue weighted by atomic mass is 9.99. The summed E-state index contributed by atoms with van der Waals surface area (Å²) in [5.74, 6) is -0.836. The molecule has 138 valence electrons. The largest absolute Gasteiger partial charge is 0.493 e. The van der Waals surface area contributed by atoms with Crippen LogP contribution < -0.4 is 0 Å². The number of carbonyl (C=O) groups is 1. The maximum Gasteiger partial charge on any atom is 0.220 e. The number of rotatable bonds is 5. The van der Waals surface area contributed by atoms with E-state index in [0.717, 1.165) is 6.26 Å². The molecule has 0 radical (unpaired) electrons. The van der Waals surface area contributed by atoms with Gasteiger partial charge in [0.2, 0.25) is 11.7 Å². The maximum atomic E-state index is 12.8. The third-order valence-electron chi connectivity index (χ3n) is 4.00. The van der Waals surface area contributed by atoms with Crippen LogP contribution in [-0.2, 0) is 21.2 Å². The lowest BCUT2D eigenvalue weighted by Gasteiger charge is -2.12. The van der Waals surface area contributed by atoms with Crippen molar-refractivity contribution < 1.29 is 23.2 Å². The number of aromatic nitrogens is 2. The van der Waals surface area contributed by atoms with Crippen molar-refractivity contribution in [3.63, 3.8) is 0 Å². The molecule has 0 bridgehead atoms. The summed E-state index contributed by atoms with van der Waals surface area (Å²) in [6, 6.07) is 2.63. The number of sulfone groups is 1. The Morgan fingerprint density at radius 3 is 2.65 bits per heavy atom. The van der Waals surface area contributed by atoms with Crippen LogP contribution >= 0.6 is 11.6 Å².